The summed E-state index contributed by atoms with van der Waals surface area (Å²) in [6.45, 7) is -0.344. The van der Waals surface area contributed by atoms with Gasteiger partial charge in [0.2, 0.25) is 0 Å². The normalized spacial score (nSPS) is 12.6. The second-order valence-electron chi connectivity index (χ2n) is 7.27. The number of rotatable bonds is 5. The molecule has 0 radical (unpaired) electrons. The fourth-order valence-corrected chi connectivity index (χ4v) is 3.48. The van der Waals surface area contributed by atoms with Crippen molar-refractivity contribution < 1.29 is 23.1 Å². The monoisotopic (exact) mass is 472 g/mol. The predicted molar refractivity (Wildman–Crippen MR) is 119 cm³/mol. The second-order valence-corrected chi connectivity index (χ2v) is 7.71. The minimum atomic E-state index is -3.69. The first-order valence-electron chi connectivity index (χ1n) is 10.0. The van der Waals surface area contributed by atoms with Crippen LogP contribution in [0.4, 0.5) is 19.3 Å². The maximum atomic E-state index is 14.2. The molecule has 7 nitrogen and oxygen atoms in total. The van der Waals surface area contributed by atoms with Gasteiger partial charge in [-0.2, -0.15) is 8.78 Å². The molecule has 3 amide bonds. The summed E-state index contributed by atoms with van der Waals surface area (Å²) >= 11 is 6.11. The maximum Gasteiger partial charge on any atom is 0.330 e. The van der Waals surface area contributed by atoms with E-state index in [1.807, 2.05) is 18.2 Å². The topological polar surface area (TPSA) is 83.6 Å². The van der Waals surface area contributed by atoms with Crippen LogP contribution in [0.5, 0.6) is 11.5 Å². The molecule has 0 saturated heterocycles. The van der Waals surface area contributed by atoms with E-state index in [1.54, 1.807) is 36.4 Å². The molecule has 0 fully saturated rings. The van der Waals surface area contributed by atoms with Gasteiger partial charge in [0.25, 0.3) is 5.91 Å². The zero-order valence-electron chi connectivity index (χ0n) is 17.2. The number of nitrogens with zero attached hydrogens (tertiary/aromatic N) is 2. The maximum absolute atomic E-state index is 14.2. The highest BCUT2D eigenvalue weighted by Gasteiger charge is 2.39. The van der Waals surface area contributed by atoms with Crippen molar-refractivity contribution in [3.8, 4) is 11.5 Å². The summed E-state index contributed by atoms with van der Waals surface area (Å²) in [7, 11) is 0. The van der Waals surface area contributed by atoms with E-state index in [0.29, 0.717) is 22.2 Å². The molecule has 3 aromatic rings. The summed E-state index contributed by atoms with van der Waals surface area (Å²) in [6.07, 6.45) is 0.524. The molecule has 0 bridgehead atoms. The van der Waals surface area contributed by atoms with Crippen molar-refractivity contribution in [2.45, 2.75) is 18.9 Å². The van der Waals surface area contributed by atoms with Crippen molar-refractivity contribution >= 4 is 29.2 Å². The molecular weight excluding hydrogens is 454 g/mol. The van der Waals surface area contributed by atoms with Gasteiger partial charge in [-0.3, -0.25) is 14.7 Å². The van der Waals surface area contributed by atoms with E-state index in [0.717, 1.165) is 5.56 Å². The third-order valence-corrected chi connectivity index (χ3v) is 5.16. The molecule has 1 aliphatic heterocycles. The molecule has 33 heavy (non-hydrogen) atoms. The molecule has 2 aromatic carbocycles. The molecule has 2 N–H and O–H groups in total. The Labute approximate surface area is 193 Å². The van der Waals surface area contributed by atoms with Gasteiger partial charge >= 0.3 is 12.0 Å². The van der Waals surface area contributed by atoms with Gasteiger partial charge in [0.1, 0.15) is 5.75 Å². The Morgan fingerprint density at radius 2 is 1.85 bits per heavy atom. The Morgan fingerprint density at radius 1 is 1.06 bits per heavy atom. The molecule has 170 valence electrons. The van der Waals surface area contributed by atoms with Crippen molar-refractivity contribution in [2.24, 2.45) is 0 Å². The Balaban J connectivity index is 1.43. The number of urea groups is 1. The van der Waals surface area contributed by atoms with Crippen molar-refractivity contribution in [3.05, 3.63) is 83.1 Å². The van der Waals surface area contributed by atoms with Crippen LogP contribution in [-0.4, -0.2) is 29.5 Å². The van der Waals surface area contributed by atoms with Crippen LogP contribution in [0.15, 0.2) is 66.9 Å². The number of hydrogen-bond acceptors (Lipinski definition) is 4. The minimum Gasteiger partial charge on any atom is -0.455 e. The molecule has 10 heteroatoms. The fourth-order valence-electron chi connectivity index (χ4n) is 3.31. The van der Waals surface area contributed by atoms with E-state index < -0.39 is 31.0 Å². The van der Waals surface area contributed by atoms with Crippen LogP contribution in [0, 0.1) is 0 Å². The number of alkyl halides is 2. The number of pyridine rings is 1. The number of aromatic nitrogens is 1. The fraction of sp³-hybridized carbons (Fsp3) is 0.174. The number of carbonyl (C=O) groups excluding carboxylic acids is 2. The van der Waals surface area contributed by atoms with Gasteiger partial charge in [-0.25, -0.2) is 4.79 Å². The van der Waals surface area contributed by atoms with Crippen LogP contribution in [0.1, 0.15) is 11.3 Å². The number of carbonyl (C=O) groups is 2. The average Bonchev–Trinajstić information content (AvgIpc) is 2.96. The molecule has 0 unspecified atom stereocenters. The van der Waals surface area contributed by atoms with E-state index in [1.165, 1.54) is 17.2 Å². The summed E-state index contributed by atoms with van der Waals surface area (Å²) < 4.78 is 34.4. The largest absolute Gasteiger partial charge is 0.455 e. The van der Waals surface area contributed by atoms with E-state index in [2.05, 4.69) is 15.6 Å². The van der Waals surface area contributed by atoms with Crippen LogP contribution in [0.2, 0.25) is 5.02 Å². The number of benzene rings is 2. The number of amides is 3. The van der Waals surface area contributed by atoms with Gasteiger partial charge in [-0.1, -0.05) is 35.9 Å². The first kappa shape index (κ1) is 22.5. The van der Waals surface area contributed by atoms with Crippen molar-refractivity contribution in [1.29, 1.82) is 0 Å². The number of hydrogen-bond donors (Lipinski definition) is 2. The van der Waals surface area contributed by atoms with Gasteiger partial charge in [0.05, 0.1) is 25.3 Å². The SMILES string of the molecule is O=C(NCNC(=O)C(F)(F)Cc1ccccn1)N1Cc2ccccc2Oc2ccc(Cl)cc21. The van der Waals surface area contributed by atoms with Crippen LogP contribution >= 0.6 is 11.6 Å². The lowest BCUT2D eigenvalue weighted by atomic mass is 10.1. The van der Waals surface area contributed by atoms with Crippen LogP contribution in [0.25, 0.3) is 0 Å². The van der Waals surface area contributed by atoms with Gasteiger partial charge in [0, 0.05) is 22.5 Å². The summed E-state index contributed by atoms with van der Waals surface area (Å²) in [5, 5.41) is 4.89. The smallest absolute Gasteiger partial charge is 0.330 e. The Kier molecular flexibility index (Phi) is 6.41. The average molecular weight is 473 g/mol. The summed E-state index contributed by atoms with van der Waals surface area (Å²) in [4.78, 5) is 30.1. The first-order valence-corrected chi connectivity index (χ1v) is 10.4. The van der Waals surface area contributed by atoms with E-state index in [4.69, 9.17) is 16.3 Å². The van der Waals surface area contributed by atoms with Crippen molar-refractivity contribution in [3.63, 3.8) is 0 Å². The molecule has 0 aliphatic carbocycles. The lowest BCUT2D eigenvalue weighted by molar-refractivity contribution is -0.145. The number of para-hydroxylation sites is 1. The molecule has 0 saturated carbocycles. The Bertz CT molecular complexity index is 1180. The lowest BCUT2D eigenvalue weighted by Crippen LogP contribution is -2.49. The van der Waals surface area contributed by atoms with E-state index >= 15 is 0 Å². The highest BCUT2D eigenvalue weighted by Crippen LogP contribution is 2.40. The number of fused-ring (bicyclic) bond motifs is 2. The van der Waals surface area contributed by atoms with Crippen LogP contribution < -0.4 is 20.3 Å². The zero-order chi connectivity index (χ0) is 23.4. The minimum absolute atomic E-state index is 0.0819. The van der Waals surface area contributed by atoms with Gasteiger partial charge < -0.3 is 15.4 Å². The molecule has 1 aliphatic rings. The summed E-state index contributed by atoms with van der Waals surface area (Å²) in [5.74, 6) is -4.21. The Morgan fingerprint density at radius 3 is 2.64 bits per heavy atom. The molecule has 2 heterocycles. The first-order chi connectivity index (χ1) is 15.8. The van der Waals surface area contributed by atoms with Crippen molar-refractivity contribution in [2.75, 3.05) is 11.6 Å². The third-order valence-electron chi connectivity index (χ3n) is 4.93. The van der Waals surface area contributed by atoms with Gasteiger partial charge in [-0.05, 0) is 36.4 Å². The lowest BCUT2D eigenvalue weighted by Gasteiger charge is -2.23. The standard InChI is InChI=1S/C23H19ClF2N4O3/c24-16-8-9-20-18(11-16)30(13-15-5-1-2-7-19(15)33-20)22(32)29-14-28-21(31)23(25,26)12-17-6-3-4-10-27-17/h1-11H,12-14H2,(H,28,31)(H,29,32). The van der Waals surface area contributed by atoms with Gasteiger partial charge in [-0.15, -0.1) is 0 Å². The number of nitrogens with one attached hydrogen (secondary N) is 2. The highest BCUT2D eigenvalue weighted by molar-refractivity contribution is 6.31. The number of halogens is 3. The number of anilines is 1. The summed E-state index contributed by atoms with van der Waals surface area (Å²) in [6, 6.07) is 16.0. The van der Waals surface area contributed by atoms with Crippen molar-refractivity contribution in [1.82, 2.24) is 15.6 Å². The molecule has 0 spiro atoms. The van der Waals surface area contributed by atoms with Crippen LogP contribution in [0.3, 0.4) is 0 Å². The molecule has 4 rings (SSSR count). The Hall–Kier alpha value is -3.72. The molecule has 0 atom stereocenters. The second kappa shape index (κ2) is 9.41. The van der Waals surface area contributed by atoms with Gasteiger partial charge in [0.15, 0.2) is 5.75 Å². The number of ether oxygens (including phenoxy) is 1. The molecule has 1 aromatic heterocycles. The quantitative estimate of drug-likeness (QED) is 0.535. The van der Waals surface area contributed by atoms with Crippen LogP contribution in [-0.2, 0) is 17.8 Å². The van der Waals surface area contributed by atoms with E-state index in [9.17, 15) is 18.4 Å². The molecular formula is C23H19ClF2N4O3. The third kappa shape index (κ3) is 5.20. The predicted octanol–water partition coefficient (Wildman–Crippen LogP) is 4.51. The van der Waals surface area contributed by atoms with E-state index in [-0.39, 0.29) is 12.2 Å². The highest BCUT2D eigenvalue weighted by atomic mass is 35.5. The summed E-state index contributed by atoms with van der Waals surface area (Å²) in [5.41, 5.74) is 1.23. The zero-order valence-corrected chi connectivity index (χ0v) is 18.0.